The van der Waals surface area contributed by atoms with Crippen molar-refractivity contribution in [2.24, 2.45) is 5.73 Å². The van der Waals surface area contributed by atoms with Crippen LogP contribution in [0, 0.1) is 13.8 Å². The van der Waals surface area contributed by atoms with Crippen LogP contribution in [-0.2, 0) is 11.3 Å². The first-order chi connectivity index (χ1) is 20.6. The van der Waals surface area contributed by atoms with Crippen molar-refractivity contribution in [2.75, 3.05) is 32.0 Å². The molecule has 0 unspecified atom stereocenters. The molecule has 11 nitrogen and oxygen atoms in total. The van der Waals surface area contributed by atoms with Gasteiger partial charge >= 0.3 is 0 Å². The molecule has 1 atom stereocenters. The number of nitrogens with one attached hydrogen (secondary N) is 1. The van der Waals surface area contributed by atoms with E-state index in [1.165, 1.54) is 26.2 Å². The largest absolute Gasteiger partial charge is 0.493 e. The van der Waals surface area contributed by atoms with E-state index >= 15 is 0 Å². The molecule has 0 aliphatic heterocycles. The lowest BCUT2D eigenvalue weighted by Crippen LogP contribution is -2.44. The summed E-state index contributed by atoms with van der Waals surface area (Å²) in [6, 6.07) is 16.8. The van der Waals surface area contributed by atoms with E-state index in [0.717, 1.165) is 28.2 Å². The Morgan fingerprint density at radius 2 is 1.60 bits per heavy atom. The van der Waals surface area contributed by atoms with Crippen molar-refractivity contribution in [3.05, 3.63) is 93.5 Å². The van der Waals surface area contributed by atoms with E-state index in [9.17, 15) is 14.4 Å². The lowest BCUT2D eigenvalue weighted by Gasteiger charge is -2.33. The summed E-state index contributed by atoms with van der Waals surface area (Å²) in [6.45, 7) is 3.96. The summed E-state index contributed by atoms with van der Waals surface area (Å²) < 4.78 is 20.7. The molecule has 1 heterocycles. The Morgan fingerprint density at radius 1 is 0.953 bits per heavy atom. The number of anilines is 2. The fraction of sp³-hybridized carbons (Fsp3) is 0.226. The molecule has 0 aliphatic rings. The zero-order valence-corrected chi connectivity index (χ0v) is 25.3. The van der Waals surface area contributed by atoms with Gasteiger partial charge in [0.25, 0.3) is 11.8 Å². The maximum atomic E-state index is 14.5. The first-order valence-electron chi connectivity index (χ1n) is 13.2. The standard InChI is InChI=1S/C31H33N5O6S/c1-17-11-12-21(18(2)13-17)36(31(39)28-24(32)25(29(33)37)35-43-28)26(30(38)34-16-19-9-7-6-8-10-19)20-14-22(40-3)27(42-5)23(15-20)41-4/h6-15,26H,16,32H2,1-5H3,(H2,33,37)(H,34,38)/t26-/m0/s1. The number of rotatable bonds is 11. The predicted octanol–water partition coefficient (Wildman–Crippen LogP) is 4.17. The van der Waals surface area contributed by atoms with Gasteiger partial charge in [0.1, 0.15) is 10.9 Å². The quantitative estimate of drug-likeness (QED) is 0.230. The SMILES string of the molecule is COc1cc([C@@H](C(=O)NCc2ccccc2)N(C(=O)c2snc(C(N)=O)c2N)c2ccc(C)cc2C)cc(OC)c1OC. The Bertz CT molecular complexity index is 1630. The number of benzene rings is 3. The van der Waals surface area contributed by atoms with E-state index < -0.39 is 23.8 Å². The van der Waals surface area contributed by atoms with E-state index in [4.69, 9.17) is 25.7 Å². The highest BCUT2D eigenvalue weighted by Crippen LogP contribution is 2.43. The molecule has 0 radical (unpaired) electrons. The maximum Gasteiger partial charge on any atom is 0.273 e. The number of primary amides is 1. The molecule has 3 amide bonds. The van der Waals surface area contributed by atoms with Crippen LogP contribution >= 0.6 is 11.5 Å². The van der Waals surface area contributed by atoms with Crippen molar-refractivity contribution in [1.29, 1.82) is 0 Å². The van der Waals surface area contributed by atoms with Crippen LogP contribution < -0.4 is 35.9 Å². The van der Waals surface area contributed by atoms with Gasteiger partial charge in [0.2, 0.25) is 11.7 Å². The Balaban J connectivity index is 1.96. The molecule has 0 bridgehead atoms. The number of nitrogen functional groups attached to an aromatic ring is 1. The Kier molecular flexibility index (Phi) is 9.51. The Labute approximate surface area is 253 Å². The number of methoxy groups -OCH3 is 3. The topological polar surface area (TPSA) is 159 Å². The van der Waals surface area contributed by atoms with Gasteiger partial charge in [-0.2, -0.15) is 4.37 Å². The summed E-state index contributed by atoms with van der Waals surface area (Å²) in [5.74, 6) is -1.11. The number of aromatic nitrogens is 1. The van der Waals surface area contributed by atoms with Gasteiger partial charge in [-0.3, -0.25) is 19.3 Å². The second kappa shape index (κ2) is 13.3. The molecular formula is C31H33N5O6S. The van der Waals surface area contributed by atoms with Crippen molar-refractivity contribution in [1.82, 2.24) is 9.69 Å². The highest BCUT2D eigenvalue weighted by atomic mass is 32.1. The normalized spacial score (nSPS) is 11.4. The molecule has 0 saturated carbocycles. The predicted molar refractivity (Wildman–Crippen MR) is 165 cm³/mol. The summed E-state index contributed by atoms with van der Waals surface area (Å²) in [6.07, 6.45) is 0. The van der Waals surface area contributed by atoms with Crippen LogP contribution in [0.4, 0.5) is 11.4 Å². The molecule has 3 aromatic carbocycles. The van der Waals surface area contributed by atoms with Gasteiger partial charge in [0.05, 0.1) is 27.0 Å². The van der Waals surface area contributed by atoms with Gasteiger partial charge in [-0.15, -0.1) is 0 Å². The second-order valence-corrected chi connectivity index (χ2v) is 10.4. The summed E-state index contributed by atoms with van der Waals surface area (Å²) in [5.41, 5.74) is 14.6. The van der Waals surface area contributed by atoms with Crippen molar-refractivity contribution < 1.29 is 28.6 Å². The minimum atomic E-state index is -1.26. The number of carbonyl (C=O) groups is 3. The van der Waals surface area contributed by atoms with Gasteiger partial charge < -0.3 is 31.0 Å². The maximum absolute atomic E-state index is 14.5. The van der Waals surface area contributed by atoms with Crippen LogP contribution in [0.25, 0.3) is 0 Å². The molecule has 12 heteroatoms. The molecule has 0 aliphatic carbocycles. The summed E-state index contributed by atoms with van der Waals surface area (Å²) in [5, 5.41) is 2.96. The van der Waals surface area contributed by atoms with Gasteiger partial charge in [-0.25, -0.2) is 0 Å². The fourth-order valence-electron chi connectivity index (χ4n) is 4.74. The fourth-order valence-corrected chi connectivity index (χ4v) is 5.48. The van der Waals surface area contributed by atoms with E-state index in [1.807, 2.05) is 56.3 Å². The number of hydrogen-bond donors (Lipinski definition) is 3. The molecule has 4 aromatic rings. The Morgan fingerprint density at radius 3 is 2.14 bits per heavy atom. The smallest absolute Gasteiger partial charge is 0.273 e. The lowest BCUT2D eigenvalue weighted by molar-refractivity contribution is -0.122. The first kappa shape index (κ1) is 30.8. The highest BCUT2D eigenvalue weighted by molar-refractivity contribution is 7.09. The lowest BCUT2D eigenvalue weighted by atomic mass is 9.99. The molecule has 0 fully saturated rings. The van der Waals surface area contributed by atoms with E-state index in [2.05, 4.69) is 9.69 Å². The van der Waals surface area contributed by atoms with Crippen LogP contribution in [0.2, 0.25) is 0 Å². The number of hydrogen-bond acceptors (Lipinski definition) is 9. The van der Waals surface area contributed by atoms with Gasteiger partial charge in [0.15, 0.2) is 17.2 Å². The molecule has 0 saturated heterocycles. The van der Waals surface area contributed by atoms with Gasteiger partial charge in [-0.1, -0.05) is 48.0 Å². The second-order valence-electron chi connectivity index (χ2n) is 9.67. The van der Waals surface area contributed by atoms with Gasteiger partial charge in [0, 0.05) is 12.2 Å². The van der Waals surface area contributed by atoms with Crippen molar-refractivity contribution >= 4 is 40.6 Å². The number of aryl methyl sites for hydroxylation is 2. The number of ether oxygens (including phenoxy) is 3. The van der Waals surface area contributed by atoms with E-state index in [1.54, 1.807) is 18.2 Å². The van der Waals surface area contributed by atoms with Crippen molar-refractivity contribution in [2.45, 2.75) is 26.4 Å². The monoisotopic (exact) mass is 603 g/mol. The third-order valence-electron chi connectivity index (χ3n) is 6.81. The van der Waals surface area contributed by atoms with Crippen molar-refractivity contribution in [3.8, 4) is 17.2 Å². The number of carbonyl (C=O) groups excluding carboxylic acids is 3. The minimum absolute atomic E-state index is 0.0397. The van der Waals surface area contributed by atoms with Crippen molar-refractivity contribution in [3.63, 3.8) is 0 Å². The van der Waals surface area contributed by atoms with Gasteiger partial charge in [-0.05, 0) is 60.3 Å². The number of nitrogens with zero attached hydrogens (tertiary/aromatic N) is 2. The molecule has 0 spiro atoms. The average Bonchev–Trinajstić information content (AvgIpc) is 3.40. The molecule has 43 heavy (non-hydrogen) atoms. The van der Waals surface area contributed by atoms with Crippen LogP contribution in [0.1, 0.15) is 48.5 Å². The third kappa shape index (κ3) is 6.38. The zero-order chi connectivity index (χ0) is 31.3. The van der Waals surface area contributed by atoms with E-state index in [0.29, 0.717) is 28.5 Å². The van der Waals surface area contributed by atoms with Crippen LogP contribution in [-0.4, -0.2) is 43.4 Å². The zero-order valence-electron chi connectivity index (χ0n) is 24.5. The average molecular weight is 604 g/mol. The van der Waals surface area contributed by atoms with E-state index in [-0.39, 0.29) is 22.8 Å². The van der Waals surface area contributed by atoms with Crippen LogP contribution in [0.3, 0.4) is 0 Å². The molecule has 1 aromatic heterocycles. The third-order valence-corrected chi connectivity index (χ3v) is 7.66. The summed E-state index contributed by atoms with van der Waals surface area (Å²) in [7, 11) is 4.39. The summed E-state index contributed by atoms with van der Waals surface area (Å²) in [4.78, 5) is 42.0. The molecule has 5 N–H and O–H groups in total. The van der Waals surface area contributed by atoms with Crippen LogP contribution in [0.15, 0.2) is 60.7 Å². The summed E-state index contributed by atoms with van der Waals surface area (Å²) >= 11 is 0.732. The molecular weight excluding hydrogens is 570 g/mol. The Hall–Kier alpha value is -5.10. The first-order valence-corrected chi connectivity index (χ1v) is 14.0. The number of nitrogens with two attached hydrogens (primary N) is 2. The molecule has 4 rings (SSSR count). The molecule has 224 valence electrons. The minimum Gasteiger partial charge on any atom is -0.493 e. The highest BCUT2D eigenvalue weighted by Gasteiger charge is 2.37. The van der Waals surface area contributed by atoms with Crippen LogP contribution in [0.5, 0.6) is 17.2 Å². The number of amides is 3.